The minimum Gasteiger partial charge on any atom is -1.00 e. The van der Waals surface area contributed by atoms with Crippen LogP contribution < -0.4 is 18.9 Å². The Kier molecular flexibility index (Phi) is 6.79. The molecule has 1 N–H and O–H groups in total. The topological polar surface area (TPSA) is 20.2 Å². The van der Waals surface area contributed by atoms with Gasteiger partial charge in [-0.05, 0) is 0 Å². The molecule has 0 saturated heterocycles. The van der Waals surface area contributed by atoms with Gasteiger partial charge in [-0.2, -0.15) is 0 Å². The van der Waals surface area contributed by atoms with Gasteiger partial charge in [0.25, 0.3) is 0 Å². The first-order valence-corrected chi connectivity index (χ1v) is 4.09. The van der Waals surface area contributed by atoms with Crippen LogP contribution in [0.4, 0.5) is 0 Å². The molecule has 0 unspecified atom stereocenters. The van der Waals surface area contributed by atoms with Crippen LogP contribution >= 0.6 is 0 Å². The summed E-state index contributed by atoms with van der Waals surface area (Å²) in [5.74, 6) is 0. The Hall–Kier alpha value is 1.35. The molecular formula is C4H11LiOTe. The van der Waals surface area contributed by atoms with E-state index in [1.807, 2.05) is 0 Å². The van der Waals surface area contributed by atoms with Gasteiger partial charge in [0.2, 0.25) is 0 Å². The van der Waals surface area contributed by atoms with E-state index in [1.54, 1.807) is 0 Å². The smallest absolute Gasteiger partial charge is 1.00 e. The molecule has 0 amide bonds. The van der Waals surface area contributed by atoms with E-state index in [0.29, 0.717) is 0 Å². The quantitative estimate of drug-likeness (QED) is 0.455. The second-order valence-electron chi connectivity index (χ2n) is 2.20. The van der Waals surface area contributed by atoms with Crippen molar-refractivity contribution in [1.82, 2.24) is 0 Å². The van der Waals surface area contributed by atoms with E-state index in [9.17, 15) is 0 Å². The summed E-state index contributed by atoms with van der Waals surface area (Å²) < 4.78 is 8.76. The minimum absolute atomic E-state index is 0. The molecule has 0 aliphatic rings. The summed E-state index contributed by atoms with van der Waals surface area (Å²) >= 11 is -0.682. The Balaban J connectivity index is -0.000000125. The van der Waals surface area contributed by atoms with Gasteiger partial charge in [0.05, 0.1) is 0 Å². The van der Waals surface area contributed by atoms with E-state index < -0.39 is 21.3 Å². The summed E-state index contributed by atoms with van der Waals surface area (Å²) in [6.45, 7) is 6.15. The van der Waals surface area contributed by atoms with Crippen molar-refractivity contribution in [2.45, 2.75) is 24.2 Å². The predicted octanol–water partition coefficient (Wildman–Crippen LogP) is -2.07. The predicted molar refractivity (Wildman–Crippen MR) is 28.8 cm³/mol. The minimum atomic E-state index is -0.682. The Morgan fingerprint density at radius 2 is 1.57 bits per heavy atom. The molecule has 0 rings (SSSR count). The third kappa shape index (κ3) is 11.1. The second-order valence-corrected chi connectivity index (χ2v) is 6.22. The van der Waals surface area contributed by atoms with Gasteiger partial charge < -0.3 is 1.43 Å². The zero-order valence-electron chi connectivity index (χ0n) is 6.36. The summed E-state index contributed by atoms with van der Waals surface area (Å²) in [5, 5.41) is 0. The molecule has 0 saturated carbocycles. The van der Waals surface area contributed by atoms with Crippen LogP contribution in [0, 0.1) is 0 Å². The number of rotatable bonds is 0. The van der Waals surface area contributed by atoms with Crippen molar-refractivity contribution in [3.8, 4) is 0 Å². The normalized spacial score (nSPS) is 10.3. The molecule has 0 aromatic rings. The standard InChI is InChI=1S/C4H10OTe.Li.H/c1-4(2,3)6-5;;/h5H,1-3H3;;/q;+1;-1. The van der Waals surface area contributed by atoms with Crippen molar-refractivity contribution in [2.75, 3.05) is 0 Å². The van der Waals surface area contributed by atoms with Crippen molar-refractivity contribution >= 4 is 21.3 Å². The summed E-state index contributed by atoms with van der Waals surface area (Å²) in [6, 6.07) is 0. The summed E-state index contributed by atoms with van der Waals surface area (Å²) in [5.41, 5.74) is 0. The van der Waals surface area contributed by atoms with Crippen LogP contribution in [0.3, 0.4) is 0 Å². The first-order valence-electron chi connectivity index (χ1n) is 1.89. The fourth-order valence-corrected chi connectivity index (χ4v) is 0. The maximum Gasteiger partial charge on any atom is 1.00 e. The summed E-state index contributed by atoms with van der Waals surface area (Å²) in [4.78, 5) is 0. The molecule has 0 fully saturated rings. The molecule has 0 bridgehead atoms. The molecule has 0 heterocycles. The van der Waals surface area contributed by atoms with Gasteiger partial charge in [-0.3, -0.25) is 0 Å². The summed E-state index contributed by atoms with van der Waals surface area (Å²) in [6.07, 6.45) is 0. The molecule has 0 radical (unpaired) electrons. The van der Waals surface area contributed by atoms with Crippen molar-refractivity contribution in [2.24, 2.45) is 0 Å². The van der Waals surface area contributed by atoms with Gasteiger partial charge in [0, 0.05) is 0 Å². The van der Waals surface area contributed by atoms with Gasteiger partial charge >= 0.3 is 67.9 Å². The summed E-state index contributed by atoms with van der Waals surface area (Å²) in [7, 11) is 0. The number of hydrogen-bond donors (Lipinski definition) is 1. The van der Waals surface area contributed by atoms with E-state index in [4.69, 9.17) is 3.47 Å². The fourth-order valence-electron chi connectivity index (χ4n) is 0. The van der Waals surface area contributed by atoms with E-state index in [0.717, 1.165) is 0 Å². The monoisotopic (exact) mass is 212 g/mol. The Morgan fingerprint density at radius 1 is 1.43 bits per heavy atom. The van der Waals surface area contributed by atoms with Crippen molar-refractivity contribution < 1.29 is 23.8 Å². The van der Waals surface area contributed by atoms with E-state index >= 15 is 0 Å². The number of hydrogen-bond acceptors (Lipinski definition) is 1. The molecule has 0 spiro atoms. The molecule has 0 aromatic carbocycles. The molecule has 3 heteroatoms. The van der Waals surface area contributed by atoms with Crippen molar-refractivity contribution in [3.05, 3.63) is 0 Å². The van der Waals surface area contributed by atoms with Gasteiger partial charge in [-0.15, -0.1) is 0 Å². The van der Waals surface area contributed by atoms with E-state index in [-0.39, 0.29) is 23.8 Å². The fraction of sp³-hybridized carbons (Fsp3) is 1.00. The first kappa shape index (κ1) is 11.2. The zero-order valence-corrected chi connectivity index (χ0v) is 7.69. The van der Waals surface area contributed by atoms with Crippen LogP contribution in [0.2, 0.25) is 3.46 Å². The van der Waals surface area contributed by atoms with Gasteiger partial charge in [0.1, 0.15) is 0 Å². The third-order valence-electron chi connectivity index (χ3n) is 0.274. The van der Waals surface area contributed by atoms with E-state index in [1.165, 1.54) is 0 Å². The Bertz CT molecular complexity index is 45.8. The molecule has 0 atom stereocenters. The van der Waals surface area contributed by atoms with Crippen LogP contribution in [0.15, 0.2) is 0 Å². The molecule has 0 aliphatic heterocycles. The largest absolute Gasteiger partial charge is 1.00 e. The third-order valence-corrected chi connectivity index (χ3v) is 1.84. The van der Waals surface area contributed by atoms with Crippen LogP contribution in [-0.2, 0) is 0 Å². The molecule has 0 aliphatic carbocycles. The van der Waals surface area contributed by atoms with Crippen LogP contribution in [0.5, 0.6) is 0 Å². The second kappa shape index (κ2) is 4.25. The Labute approximate surface area is 69.2 Å². The van der Waals surface area contributed by atoms with Crippen LogP contribution in [0.1, 0.15) is 22.2 Å². The molecule has 7 heavy (non-hydrogen) atoms. The van der Waals surface area contributed by atoms with Crippen LogP contribution in [-0.4, -0.2) is 24.8 Å². The van der Waals surface area contributed by atoms with Crippen LogP contribution in [0.25, 0.3) is 0 Å². The maximum atomic E-state index is 8.53. The van der Waals surface area contributed by atoms with Crippen molar-refractivity contribution in [1.29, 1.82) is 0 Å². The van der Waals surface area contributed by atoms with Gasteiger partial charge in [0.15, 0.2) is 0 Å². The SMILES string of the molecule is CC(C)(C)[Te]O.[H-].[Li+]. The molecule has 0 aromatic heterocycles. The van der Waals surface area contributed by atoms with E-state index in [2.05, 4.69) is 20.8 Å². The van der Waals surface area contributed by atoms with Crippen molar-refractivity contribution in [3.63, 3.8) is 0 Å². The average molecular weight is 210 g/mol. The van der Waals surface area contributed by atoms with Gasteiger partial charge in [-0.1, -0.05) is 0 Å². The Morgan fingerprint density at radius 3 is 1.57 bits per heavy atom. The molecule has 40 valence electrons. The molecular weight excluding hydrogens is 199 g/mol. The maximum absolute atomic E-state index is 8.53. The zero-order chi connectivity index (χ0) is 5.21. The first-order chi connectivity index (χ1) is 2.56. The average Bonchev–Trinajstić information content (AvgIpc) is 1.35. The molecule has 1 nitrogen and oxygen atoms in total. The van der Waals surface area contributed by atoms with Gasteiger partial charge in [-0.25, -0.2) is 0 Å².